The Hall–Kier alpha value is -2.19. The van der Waals surface area contributed by atoms with Crippen molar-refractivity contribution in [2.24, 2.45) is 0 Å². The number of carboxylic acids is 1. The number of nitrogens with zero attached hydrogens (tertiary/aromatic N) is 5. The van der Waals surface area contributed by atoms with Gasteiger partial charge in [-0.25, -0.2) is 14.6 Å². The van der Waals surface area contributed by atoms with Crippen molar-refractivity contribution in [2.75, 3.05) is 0 Å². The molecule has 9 heteroatoms. The quantitative estimate of drug-likeness (QED) is 0.558. The van der Waals surface area contributed by atoms with Crippen LogP contribution in [0.2, 0.25) is 5.02 Å². The summed E-state index contributed by atoms with van der Waals surface area (Å²) in [6.07, 6.45) is 1.39. The van der Waals surface area contributed by atoms with E-state index in [9.17, 15) is 4.79 Å². The first-order valence-corrected chi connectivity index (χ1v) is 7.98. The van der Waals surface area contributed by atoms with Crippen molar-refractivity contribution in [2.45, 2.75) is 23.7 Å². The van der Waals surface area contributed by atoms with E-state index in [0.717, 1.165) is 17.3 Å². The summed E-state index contributed by atoms with van der Waals surface area (Å²) < 4.78 is 1.65. The van der Waals surface area contributed by atoms with Gasteiger partial charge >= 0.3 is 5.97 Å². The highest BCUT2D eigenvalue weighted by Crippen LogP contribution is 2.26. The van der Waals surface area contributed by atoms with Gasteiger partial charge in [-0.05, 0) is 24.6 Å². The van der Waals surface area contributed by atoms with E-state index in [1.807, 2.05) is 12.1 Å². The molecule has 0 bridgehead atoms. The molecule has 0 spiro atoms. The first-order chi connectivity index (χ1) is 11.0. The van der Waals surface area contributed by atoms with E-state index in [0.29, 0.717) is 27.8 Å². The summed E-state index contributed by atoms with van der Waals surface area (Å²) in [5.74, 6) is -0.907. The minimum absolute atomic E-state index is 0.489. The summed E-state index contributed by atoms with van der Waals surface area (Å²) in [7, 11) is 0. The molecule has 3 aromatic rings. The highest BCUT2D eigenvalue weighted by Gasteiger charge is 2.18. The third-order valence-corrected chi connectivity index (χ3v) is 4.48. The van der Waals surface area contributed by atoms with Gasteiger partial charge in [0.05, 0.1) is 6.54 Å². The Morgan fingerprint density at radius 1 is 1.35 bits per heavy atom. The number of carboxylic acid groups (broad SMARTS) is 1. The van der Waals surface area contributed by atoms with Gasteiger partial charge in [0.15, 0.2) is 11.2 Å². The van der Waals surface area contributed by atoms with Gasteiger partial charge in [-0.1, -0.05) is 40.7 Å². The minimum Gasteiger partial charge on any atom is -0.480 e. The van der Waals surface area contributed by atoms with E-state index in [2.05, 4.69) is 20.3 Å². The third-order valence-electron chi connectivity index (χ3n) is 3.15. The molecule has 0 fully saturated rings. The van der Waals surface area contributed by atoms with Crippen LogP contribution < -0.4 is 0 Å². The lowest BCUT2D eigenvalue weighted by Crippen LogP contribution is -2.11. The molecule has 3 rings (SSSR count). The van der Waals surface area contributed by atoms with Gasteiger partial charge < -0.3 is 5.11 Å². The monoisotopic (exact) mass is 349 g/mol. The van der Waals surface area contributed by atoms with Gasteiger partial charge in [-0.2, -0.15) is 0 Å². The maximum Gasteiger partial charge on any atom is 0.316 e. The Kier molecular flexibility index (Phi) is 4.44. The molecule has 2 aromatic heterocycles. The van der Waals surface area contributed by atoms with Crippen LogP contribution in [0.15, 0.2) is 35.6 Å². The molecule has 0 radical (unpaired) electrons. The molecule has 1 N–H and O–H groups in total. The molecule has 23 heavy (non-hydrogen) atoms. The van der Waals surface area contributed by atoms with Gasteiger partial charge in [0.25, 0.3) is 0 Å². The molecule has 0 amide bonds. The highest BCUT2D eigenvalue weighted by atomic mass is 35.5. The average Bonchev–Trinajstić information content (AvgIpc) is 2.94. The number of carbonyl (C=O) groups is 1. The molecule has 0 aliphatic heterocycles. The van der Waals surface area contributed by atoms with E-state index in [4.69, 9.17) is 16.7 Å². The molecule has 0 aliphatic carbocycles. The van der Waals surface area contributed by atoms with Crippen LogP contribution >= 0.6 is 23.4 Å². The summed E-state index contributed by atoms with van der Waals surface area (Å²) >= 11 is 7.00. The number of aliphatic carboxylic acids is 1. The van der Waals surface area contributed by atoms with Crippen molar-refractivity contribution in [3.05, 3.63) is 41.2 Å². The molecule has 7 nitrogen and oxygen atoms in total. The number of hydrogen-bond donors (Lipinski definition) is 1. The second kappa shape index (κ2) is 6.51. The first-order valence-electron chi connectivity index (χ1n) is 6.72. The van der Waals surface area contributed by atoms with Crippen LogP contribution in [0.3, 0.4) is 0 Å². The van der Waals surface area contributed by atoms with Crippen molar-refractivity contribution >= 4 is 40.5 Å². The largest absolute Gasteiger partial charge is 0.480 e. The highest BCUT2D eigenvalue weighted by molar-refractivity contribution is 8.00. The van der Waals surface area contributed by atoms with Crippen molar-refractivity contribution in [3.63, 3.8) is 0 Å². The minimum atomic E-state index is -0.907. The number of rotatable bonds is 5. The average molecular weight is 350 g/mol. The Labute approximate surface area is 140 Å². The lowest BCUT2D eigenvalue weighted by atomic mass is 10.2. The van der Waals surface area contributed by atoms with Crippen LogP contribution in [-0.4, -0.2) is 41.3 Å². The lowest BCUT2D eigenvalue weighted by molar-refractivity contribution is -0.136. The second-order valence-electron chi connectivity index (χ2n) is 4.82. The zero-order valence-electron chi connectivity index (χ0n) is 12.0. The Balaban J connectivity index is 1.91. The zero-order valence-corrected chi connectivity index (χ0v) is 13.6. The van der Waals surface area contributed by atoms with E-state index >= 15 is 0 Å². The Morgan fingerprint density at radius 3 is 2.78 bits per heavy atom. The van der Waals surface area contributed by atoms with Gasteiger partial charge in [-0.15, -0.1) is 5.10 Å². The number of fused-ring (bicyclic) bond motifs is 1. The van der Waals surface area contributed by atoms with Crippen LogP contribution in [-0.2, 0) is 11.3 Å². The maximum absolute atomic E-state index is 11.0. The van der Waals surface area contributed by atoms with Crippen LogP contribution in [0.25, 0.3) is 11.2 Å². The molecule has 1 atom stereocenters. The molecule has 0 saturated heterocycles. The Morgan fingerprint density at radius 2 is 2.09 bits per heavy atom. The van der Waals surface area contributed by atoms with Crippen molar-refractivity contribution < 1.29 is 9.90 Å². The lowest BCUT2D eigenvalue weighted by Gasteiger charge is -2.05. The number of halogens is 1. The smallest absolute Gasteiger partial charge is 0.316 e. The summed E-state index contributed by atoms with van der Waals surface area (Å²) in [5.41, 5.74) is 2.07. The van der Waals surface area contributed by atoms with Crippen molar-refractivity contribution in [3.8, 4) is 0 Å². The second-order valence-corrected chi connectivity index (χ2v) is 6.59. The predicted molar refractivity (Wildman–Crippen MR) is 86.6 cm³/mol. The number of aromatic nitrogens is 5. The fourth-order valence-corrected chi connectivity index (χ4v) is 2.86. The van der Waals surface area contributed by atoms with Crippen LogP contribution in [0.4, 0.5) is 0 Å². The summed E-state index contributed by atoms with van der Waals surface area (Å²) in [4.78, 5) is 19.3. The fourth-order valence-electron chi connectivity index (χ4n) is 1.94. The maximum atomic E-state index is 11.0. The van der Waals surface area contributed by atoms with Crippen LogP contribution in [0, 0.1) is 0 Å². The molecule has 0 unspecified atom stereocenters. The predicted octanol–water partition coefficient (Wildman–Crippen LogP) is 2.49. The van der Waals surface area contributed by atoms with Gasteiger partial charge in [0, 0.05) is 5.02 Å². The molecule has 0 saturated carbocycles. The van der Waals surface area contributed by atoms with Crippen molar-refractivity contribution in [1.82, 2.24) is 25.0 Å². The molecule has 0 aliphatic rings. The Bertz CT molecular complexity index is 852. The third kappa shape index (κ3) is 3.43. The standard InChI is InChI=1S/C14H12ClN5O2S/c1-8(14(21)22)23-13-11-12(16-7-17-13)20(19-18-11)6-9-2-4-10(15)5-3-9/h2-5,7-8H,6H2,1H3,(H,21,22)/t8-/m0/s1. The number of hydrogen-bond acceptors (Lipinski definition) is 6. The fraction of sp³-hybridized carbons (Fsp3) is 0.214. The summed E-state index contributed by atoms with van der Waals surface area (Å²) in [5, 5.41) is 17.8. The van der Waals surface area contributed by atoms with Gasteiger partial charge in [0.2, 0.25) is 0 Å². The molecule has 118 valence electrons. The van der Waals surface area contributed by atoms with Gasteiger partial charge in [0.1, 0.15) is 16.6 Å². The number of benzene rings is 1. The van der Waals surface area contributed by atoms with Gasteiger partial charge in [-0.3, -0.25) is 4.79 Å². The molecular weight excluding hydrogens is 338 g/mol. The van der Waals surface area contributed by atoms with E-state index in [-0.39, 0.29) is 0 Å². The SMILES string of the molecule is C[C@H](Sc1ncnc2c1nnn2Cc1ccc(Cl)cc1)C(=O)O. The normalized spacial score (nSPS) is 12.4. The molecule has 1 aromatic carbocycles. The first kappa shape index (κ1) is 15.7. The summed E-state index contributed by atoms with van der Waals surface area (Å²) in [6.45, 7) is 2.09. The van der Waals surface area contributed by atoms with E-state index < -0.39 is 11.2 Å². The topological polar surface area (TPSA) is 93.8 Å². The van der Waals surface area contributed by atoms with Crippen LogP contribution in [0.1, 0.15) is 12.5 Å². The van der Waals surface area contributed by atoms with E-state index in [1.165, 1.54) is 6.33 Å². The van der Waals surface area contributed by atoms with Crippen LogP contribution in [0.5, 0.6) is 0 Å². The molecular formula is C14H12ClN5O2S. The number of thioether (sulfide) groups is 1. The molecule has 2 heterocycles. The van der Waals surface area contributed by atoms with E-state index in [1.54, 1.807) is 23.7 Å². The zero-order chi connectivity index (χ0) is 16.4. The van der Waals surface area contributed by atoms with Crippen molar-refractivity contribution in [1.29, 1.82) is 0 Å². The summed E-state index contributed by atoms with van der Waals surface area (Å²) in [6, 6.07) is 7.42.